The molecule has 19 heavy (non-hydrogen) atoms. The van der Waals surface area contributed by atoms with Gasteiger partial charge in [-0.25, -0.2) is 8.78 Å². The first-order chi connectivity index (χ1) is 9.11. The van der Waals surface area contributed by atoms with E-state index >= 15 is 0 Å². The molecule has 0 bridgehead atoms. The van der Waals surface area contributed by atoms with Crippen molar-refractivity contribution >= 4 is 21.6 Å². The van der Waals surface area contributed by atoms with Gasteiger partial charge in [-0.05, 0) is 39.5 Å². The van der Waals surface area contributed by atoms with Gasteiger partial charge in [0.15, 0.2) is 0 Å². The summed E-state index contributed by atoms with van der Waals surface area (Å²) in [5.41, 5.74) is 2.63. The molecule has 0 aliphatic rings. The molecule has 2 aromatic carbocycles. The van der Waals surface area contributed by atoms with Crippen LogP contribution in [0.2, 0.25) is 0 Å². The molecule has 0 atom stereocenters. The first kappa shape index (κ1) is 14.0. The first-order valence-electron chi connectivity index (χ1n) is 6.07. The van der Waals surface area contributed by atoms with E-state index in [0.717, 1.165) is 18.1 Å². The summed E-state index contributed by atoms with van der Waals surface area (Å²) in [6, 6.07) is 10.3. The lowest BCUT2D eigenvalue weighted by molar-refractivity contribution is 0.580. The molecule has 1 nitrogen and oxygen atoms in total. The molecule has 0 aromatic heterocycles. The zero-order chi connectivity index (χ0) is 13.8. The standard InChI is InChI=1S/C15H14BrF2N/c1-2-10-5-3-4-6-11(10)9-19-15-7-12(16)13(17)8-14(15)18/h3-8,19H,2,9H2,1H3. The Morgan fingerprint density at radius 1 is 1.05 bits per heavy atom. The highest BCUT2D eigenvalue weighted by molar-refractivity contribution is 9.10. The Morgan fingerprint density at radius 2 is 1.74 bits per heavy atom. The average molecular weight is 326 g/mol. The summed E-state index contributed by atoms with van der Waals surface area (Å²) in [4.78, 5) is 0. The molecular weight excluding hydrogens is 312 g/mol. The van der Waals surface area contributed by atoms with Crippen LogP contribution >= 0.6 is 15.9 Å². The molecule has 0 saturated carbocycles. The molecule has 0 amide bonds. The maximum absolute atomic E-state index is 13.6. The van der Waals surface area contributed by atoms with Gasteiger partial charge in [0.1, 0.15) is 11.6 Å². The van der Waals surface area contributed by atoms with Crippen molar-refractivity contribution in [2.45, 2.75) is 19.9 Å². The summed E-state index contributed by atoms with van der Waals surface area (Å²) in [5.74, 6) is -1.19. The van der Waals surface area contributed by atoms with Crippen LogP contribution in [-0.2, 0) is 13.0 Å². The van der Waals surface area contributed by atoms with Gasteiger partial charge in [0.25, 0.3) is 0 Å². The van der Waals surface area contributed by atoms with Crippen molar-refractivity contribution in [2.24, 2.45) is 0 Å². The fraction of sp³-hybridized carbons (Fsp3) is 0.200. The Bertz CT molecular complexity index is 584. The highest BCUT2D eigenvalue weighted by atomic mass is 79.9. The SMILES string of the molecule is CCc1ccccc1CNc1cc(Br)c(F)cc1F. The fourth-order valence-electron chi connectivity index (χ4n) is 1.92. The van der Waals surface area contributed by atoms with Crippen LogP contribution in [0, 0.1) is 11.6 Å². The molecule has 4 heteroatoms. The van der Waals surface area contributed by atoms with Crippen LogP contribution < -0.4 is 5.32 Å². The number of aryl methyl sites for hydroxylation is 1. The van der Waals surface area contributed by atoms with Crippen LogP contribution in [0.15, 0.2) is 40.9 Å². The lowest BCUT2D eigenvalue weighted by Crippen LogP contribution is -2.04. The van der Waals surface area contributed by atoms with Gasteiger partial charge >= 0.3 is 0 Å². The third-order valence-corrected chi connectivity index (χ3v) is 3.59. The van der Waals surface area contributed by atoms with Crippen LogP contribution in [0.1, 0.15) is 18.1 Å². The van der Waals surface area contributed by atoms with Gasteiger partial charge in [-0.2, -0.15) is 0 Å². The zero-order valence-electron chi connectivity index (χ0n) is 10.5. The number of hydrogen-bond acceptors (Lipinski definition) is 1. The van der Waals surface area contributed by atoms with Crippen molar-refractivity contribution in [1.82, 2.24) is 0 Å². The van der Waals surface area contributed by atoms with Crippen molar-refractivity contribution in [2.75, 3.05) is 5.32 Å². The smallest absolute Gasteiger partial charge is 0.149 e. The maximum Gasteiger partial charge on any atom is 0.149 e. The number of nitrogens with one attached hydrogen (secondary N) is 1. The summed E-state index contributed by atoms with van der Waals surface area (Å²) in [6.07, 6.45) is 0.924. The van der Waals surface area contributed by atoms with E-state index in [-0.39, 0.29) is 4.47 Å². The third kappa shape index (κ3) is 3.32. The average Bonchev–Trinajstić information content (AvgIpc) is 2.41. The molecule has 0 saturated heterocycles. The minimum Gasteiger partial charge on any atom is -0.379 e. The molecule has 0 radical (unpaired) electrons. The predicted molar refractivity (Wildman–Crippen MR) is 77.2 cm³/mol. The van der Waals surface area contributed by atoms with Gasteiger partial charge < -0.3 is 5.32 Å². The lowest BCUT2D eigenvalue weighted by atomic mass is 10.1. The lowest BCUT2D eigenvalue weighted by Gasteiger charge is -2.11. The normalized spacial score (nSPS) is 10.5. The van der Waals surface area contributed by atoms with Crippen molar-refractivity contribution < 1.29 is 8.78 Å². The summed E-state index contributed by atoms with van der Waals surface area (Å²) >= 11 is 3.05. The van der Waals surface area contributed by atoms with Gasteiger partial charge in [0.05, 0.1) is 10.2 Å². The molecule has 0 aliphatic carbocycles. The number of hydrogen-bond donors (Lipinski definition) is 1. The predicted octanol–water partition coefficient (Wildman–Crippen LogP) is 4.90. The Hall–Kier alpha value is -1.42. The Labute approximate surface area is 119 Å². The zero-order valence-corrected chi connectivity index (χ0v) is 12.1. The second kappa shape index (κ2) is 6.15. The quantitative estimate of drug-likeness (QED) is 0.788. The first-order valence-corrected chi connectivity index (χ1v) is 6.86. The Kier molecular flexibility index (Phi) is 4.53. The summed E-state index contributed by atoms with van der Waals surface area (Å²) in [6.45, 7) is 2.59. The minimum absolute atomic E-state index is 0.250. The maximum atomic E-state index is 13.6. The van der Waals surface area contributed by atoms with Gasteiger partial charge in [0, 0.05) is 12.6 Å². The van der Waals surface area contributed by atoms with E-state index in [4.69, 9.17) is 0 Å². The van der Waals surface area contributed by atoms with E-state index in [0.29, 0.717) is 12.2 Å². The Balaban J connectivity index is 2.17. The molecule has 0 unspecified atom stereocenters. The molecular formula is C15H14BrF2N. The molecule has 0 heterocycles. The number of rotatable bonds is 4. The van der Waals surface area contributed by atoms with Crippen molar-refractivity contribution in [1.29, 1.82) is 0 Å². The monoisotopic (exact) mass is 325 g/mol. The van der Waals surface area contributed by atoms with Crippen LogP contribution in [0.4, 0.5) is 14.5 Å². The molecule has 0 aliphatic heterocycles. The van der Waals surface area contributed by atoms with Crippen LogP contribution in [-0.4, -0.2) is 0 Å². The molecule has 100 valence electrons. The van der Waals surface area contributed by atoms with Gasteiger partial charge in [-0.1, -0.05) is 31.2 Å². The van der Waals surface area contributed by atoms with E-state index in [1.807, 2.05) is 24.3 Å². The van der Waals surface area contributed by atoms with E-state index < -0.39 is 11.6 Å². The third-order valence-electron chi connectivity index (χ3n) is 2.98. The Morgan fingerprint density at radius 3 is 2.42 bits per heavy atom. The van der Waals surface area contributed by atoms with Crippen molar-refractivity contribution in [3.63, 3.8) is 0 Å². The van der Waals surface area contributed by atoms with Crippen molar-refractivity contribution in [3.8, 4) is 0 Å². The minimum atomic E-state index is -0.600. The van der Waals surface area contributed by atoms with E-state index in [1.54, 1.807) is 0 Å². The molecule has 1 N–H and O–H groups in total. The van der Waals surface area contributed by atoms with E-state index in [2.05, 4.69) is 28.2 Å². The summed E-state index contributed by atoms with van der Waals surface area (Å²) < 4.78 is 27.0. The second-order valence-corrected chi connectivity index (χ2v) is 5.08. The van der Waals surface area contributed by atoms with E-state index in [9.17, 15) is 8.78 Å². The highest BCUT2D eigenvalue weighted by Gasteiger charge is 2.08. The summed E-state index contributed by atoms with van der Waals surface area (Å²) in [5, 5.41) is 3.00. The van der Waals surface area contributed by atoms with Gasteiger partial charge in [-0.15, -0.1) is 0 Å². The summed E-state index contributed by atoms with van der Waals surface area (Å²) in [7, 11) is 0. The molecule has 2 rings (SSSR count). The topological polar surface area (TPSA) is 12.0 Å². The van der Waals surface area contributed by atoms with Crippen LogP contribution in [0.5, 0.6) is 0 Å². The van der Waals surface area contributed by atoms with Gasteiger partial charge in [-0.3, -0.25) is 0 Å². The number of benzene rings is 2. The molecule has 2 aromatic rings. The highest BCUT2D eigenvalue weighted by Crippen LogP contribution is 2.24. The second-order valence-electron chi connectivity index (χ2n) is 4.22. The fourth-order valence-corrected chi connectivity index (χ4v) is 2.27. The van der Waals surface area contributed by atoms with Crippen LogP contribution in [0.25, 0.3) is 0 Å². The van der Waals surface area contributed by atoms with Crippen LogP contribution in [0.3, 0.4) is 0 Å². The molecule has 0 fully saturated rings. The number of anilines is 1. The van der Waals surface area contributed by atoms with Gasteiger partial charge in [0.2, 0.25) is 0 Å². The largest absolute Gasteiger partial charge is 0.379 e. The van der Waals surface area contributed by atoms with E-state index in [1.165, 1.54) is 11.6 Å². The molecule has 0 spiro atoms. The van der Waals surface area contributed by atoms with Crippen molar-refractivity contribution in [3.05, 3.63) is 63.6 Å². The number of halogens is 3.